The summed E-state index contributed by atoms with van der Waals surface area (Å²) in [5.74, 6) is 2.58. The number of benzene rings is 1. The van der Waals surface area contributed by atoms with Gasteiger partial charge in [0.25, 0.3) is 0 Å². The van der Waals surface area contributed by atoms with Gasteiger partial charge in [-0.2, -0.15) is 0 Å². The molecule has 0 N–H and O–H groups in total. The Hall–Kier alpha value is -1.55. The SMILES string of the molecule is C#CCCC(C)(C=O)c1ccc(C)cc1. The van der Waals surface area contributed by atoms with Gasteiger partial charge in [0.05, 0.1) is 0 Å². The molecule has 1 aromatic rings. The van der Waals surface area contributed by atoms with Crippen LogP contribution in [0.4, 0.5) is 0 Å². The summed E-state index contributed by atoms with van der Waals surface area (Å²) in [6.07, 6.45) is 7.55. The fourth-order valence-corrected chi connectivity index (χ4v) is 1.54. The maximum Gasteiger partial charge on any atom is 0.130 e. The summed E-state index contributed by atoms with van der Waals surface area (Å²) in [5.41, 5.74) is 1.79. The molecule has 0 bridgehead atoms. The highest BCUT2D eigenvalue weighted by molar-refractivity contribution is 5.68. The summed E-state index contributed by atoms with van der Waals surface area (Å²) in [7, 11) is 0. The van der Waals surface area contributed by atoms with E-state index in [0.29, 0.717) is 12.8 Å². The number of rotatable bonds is 4. The second kappa shape index (κ2) is 4.79. The standard InChI is InChI=1S/C14H16O/c1-4-5-10-14(3,11-15)13-8-6-12(2)7-9-13/h1,6-9,11H,5,10H2,2-3H3. The molecule has 1 atom stereocenters. The van der Waals surface area contributed by atoms with Gasteiger partial charge in [0.15, 0.2) is 0 Å². The van der Waals surface area contributed by atoms with E-state index in [0.717, 1.165) is 11.8 Å². The molecular weight excluding hydrogens is 184 g/mol. The number of hydrogen-bond donors (Lipinski definition) is 0. The zero-order valence-electron chi connectivity index (χ0n) is 9.29. The molecule has 1 unspecified atom stereocenters. The lowest BCUT2D eigenvalue weighted by Gasteiger charge is -2.22. The Morgan fingerprint density at radius 3 is 2.47 bits per heavy atom. The molecule has 0 saturated heterocycles. The number of carbonyl (C=O) groups is 1. The van der Waals surface area contributed by atoms with Crippen LogP contribution in [0.1, 0.15) is 30.9 Å². The normalized spacial score (nSPS) is 13.9. The van der Waals surface area contributed by atoms with E-state index in [1.165, 1.54) is 5.56 Å². The zero-order chi connectivity index (χ0) is 11.3. The van der Waals surface area contributed by atoms with Crippen molar-refractivity contribution in [3.63, 3.8) is 0 Å². The second-order valence-corrected chi connectivity index (χ2v) is 4.11. The topological polar surface area (TPSA) is 17.1 Å². The monoisotopic (exact) mass is 200 g/mol. The smallest absolute Gasteiger partial charge is 0.130 e. The fraction of sp³-hybridized carbons (Fsp3) is 0.357. The molecule has 0 aliphatic rings. The van der Waals surface area contributed by atoms with Crippen molar-refractivity contribution in [1.29, 1.82) is 0 Å². The van der Waals surface area contributed by atoms with Gasteiger partial charge in [-0.15, -0.1) is 12.3 Å². The van der Waals surface area contributed by atoms with E-state index in [1.807, 2.05) is 38.1 Å². The Labute approximate surface area is 91.5 Å². The first-order valence-corrected chi connectivity index (χ1v) is 5.09. The average Bonchev–Trinajstić information content (AvgIpc) is 2.27. The van der Waals surface area contributed by atoms with Crippen LogP contribution < -0.4 is 0 Å². The predicted molar refractivity (Wildman–Crippen MR) is 62.7 cm³/mol. The van der Waals surface area contributed by atoms with Crippen molar-refractivity contribution in [2.75, 3.05) is 0 Å². The summed E-state index contributed by atoms with van der Waals surface area (Å²) < 4.78 is 0. The first-order valence-electron chi connectivity index (χ1n) is 5.09. The minimum Gasteiger partial charge on any atom is -0.302 e. The van der Waals surface area contributed by atoms with E-state index < -0.39 is 5.41 Å². The Balaban J connectivity index is 2.96. The van der Waals surface area contributed by atoms with Crippen molar-refractivity contribution >= 4 is 6.29 Å². The van der Waals surface area contributed by atoms with E-state index in [-0.39, 0.29) is 0 Å². The Morgan fingerprint density at radius 1 is 1.40 bits per heavy atom. The van der Waals surface area contributed by atoms with Gasteiger partial charge >= 0.3 is 0 Å². The van der Waals surface area contributed by atoms with Gasteiger partial charge in [-0.05, 0) is 25.8 Å². The molecule has 1 nitrogen and oxygen atoms in total. The van der Waals surface area contributed by atoms with Gasteiger partial charge in [-0.25, -0.2) is 0 Å². The molecule has 1 rings (SSSR count). The molecular formula is C14H16O. The summed E-state index contributed by atoms with van der Waals surface area (Å²) >= 11 is 0. The lowest BCUT2D eigenvalue weighted by molar-refractivity contribution is -0.112. The first-order chi connectivity index (χ1) is 7.12. The number of hydrogen-bond acceptors (Lipinski definition) is 1. The lowest BCUT2D eigenvalue weighted by atomic mass is 9.80. The third kappa shape index (κ3) is 2.70. The van der Waals surface area contributed by atoms with Crippen LogP contribution in [0, 0.1) is 19.3 Å². The molecule has 0 radical (unpaired) electrons. The molecule has 0 heterocycles. The van der Waals surface area contributed by atoms with Crippen molar-refractivity contribution in [2.45, 2.75) is 32.1 Å². The summed E-state index contributed by atoms with van der Waals surface area (Å²) in [4.78, 5) is 11.1. The molecule has 0 amide bonds. The second-order valence-electron chi connectivity index (χ2n) is 4.11. The third-order valence-corrected chi connectivity index (χ3v) is 2.76. The molecule has 1 heteroatoms. The highest BCUT2D eigenvalue weighted by atomic mass is 16.1. The molecule has 0 saturated carbocycles. The third-order valence-electron chi connectivity index (χ3n) is 2.76. The van der Waals surface area contributed by atoms with Crippen LogP contribution in [-0.4, -0.2) is 6.29 Å². The van der Waals surface area contributed by atoms with Crippen LogP contribution >= 0.6 is 0 Å². The van der Waals surface area contributed by atoms with E-state index in [1.54, 1.807) is 0 Å². The van der Waals surface area contributed by atoms with Crippen molar-refractivity contribution in [1.82, 2.24) is 0 Å². The summed E-state index contributed by atoms with van der Waals surface area (Å²) in [6, 6.07) is 8.04. The van der Waals surface area contributed by atoms with Crippen LogP contribution in [0.2, 0.25) is 0 Å². The van der Waals surface area contributed by atoms with Crippen LogP contribution in [0.25, 0.3) is 0 Å². The van der Waals surface area contributed by atoms with Crippen molar-refractivity contribution in [3.05, 3.63) is 35.4 Å². The van der Waals surface area contributed by atoms with Crippen molar-refractivity contribution in [2.24, 2.45) is 0 Å². The van der Waals surface area contributed by atoms with Crippen LogP contribution in [0.15, 0.2) is 24.3 Å². The first kappa shape index (κ1) is 11.5. The average molecular weight is 200 g/mol. The molecule has 0 aromatic heterocycles. The Morgan fingerprint density at radius 2 is 2.00 bits per heavy atom. The minimum absolute atomic E-state index is 0.444. The van der Waals surface area contributed by atoms with Gasteiger partial charge < -0.3 is 4.79 Å². The number of aldehydes is 1. The van der Waals surface area contributed by atoms with Crippen LogP contribution in [0.3, 0.4) is 0 Å². The number of aryl methyl sites for hydroxylation is 1. The minimum atomic E-state index is -0.444. The Kier molecular flexibility index (Phi) is 3.68. The maximum atomic E-state index is 11.1. The van der Waals surface area contributed by atoms with Gasteiger partial charge in [0.1, 0.15) is 6.29 Å². The maximum absolute atomic E-state index is 11.1. The van der Waals surface area contributed by atoms with E-state index in [2.05, 4.69) is 5.92 Å². The highest BCUT2D eigenvalue weighted by Crippen LogP contribution is 2.26. The quantitative estimate of drug-likeness (QED) is 0.539. The molecule has 0 aliphatic heterocycles. The zero-order valence-corrected chi connectivity index (χ0v) is 9.29. The van der Waals surface area contributed by atoms with Crippen molar-refractivity contribution in [3.8, 4) is 12.3 Å². The van der Waals surface area contributed by atoms with Gasteiger partial charge in [-0.3, -0.25) is 0 Å². The molecule has 1 aromatic carbocycles. The van der Waals surface area contributed by atoms with E-state index >= 15 is 0 Å². The molecule has 0 fully saturated rings. The highest BCUT2D eigenvalue weighted by Gasteiger charge is 2.24. The fourth-order valence-electron chi connectivity index (χ4n) is 1.54. The van der Waals surface area contributed by atoms with Crippen LogP contribution in [-0.2, 0) is 10.2 Å². The summed E-state index contributed by atoms with van der Waals surface area (Å²) in [5, 5.41) is 0. The van der Waals surface area contributed by atoms with E-state index in [4.69, 9.17) is 6.42 Å². The van der Waals surface area contributed by atoms with Crippen LogP contribution in [0.5, 0.6) is 0 Å². The van der Waals surface area contributed by atoms with E-state index in [9.17, 15) is 4.79 Å². The van der Waals surface area contributed by atoms with Gasteiger partial charge in [-0.1, -0.05) is 29.8 Å². The molecule has 78 valence electrons. The number of carbonyl (C=O) groups excluding carboxylic acids is 1. The largest absolute Gasteiger partial charge is 0.302 e. The molecule has 0 aliphatic carbocycles. The predicted octanol–water partition coefficient (Wildman–Crippen LogP) is 2.87. The Bertz CT molecular complexity index is 369. The summed E-state index contributed by atoms with van der Waals surface area (Å²) in [6.45, 7) is 3.96. The molecule has 15 heavy (non-hydrogen) atoms. The molecule has 0 spiro atoms. The van der Waals surface area contributed by atoms with Gasteiger partial charge in [0.2, 0.25) is 0 Å². The number of terminal acetylenes is 1. The van der Waals surface area contributed by atoms with Crippen molar-refractivity contribution < 1.29 is 4.79 Å². The van der Waals surface area contributed by atoms with Gasteiger partial charge in [0, 0.05) is 11.8 Å². The lowest BCUT2D eigenvalue weighted by Crippen LogP contribution is -2.23.